The number of amides is 2. The van der Waals surface area contributed by atoms with Crippen LogP contribution in [-0.4, -0.2) is 47.8 Å². The standard InChI is InChI=1S/C27H32ClFN2O2/c1-18-6-3-4-7-21(18)17-25(30(2)26(32)20-8-5-9-20)19-12-14-31(15-13-19)27(33)22-10-11-24(29)23(28)16-22/h3-4,6-7,10-11,16,19-20,25H,5,8-9,12-15,17H2,1-2H3. The lowest BCUT2D eigenvalue weighted by Crippen LogP contribution is -2.50. The Balaban J connectivity index is 1.47. The average molecular weight is 471 g/mol. The van der Waals surface area contributed by atoms with Gasteiger partial charge in [0.05, 0.1) is 5.02 Å². The van der Waals surface area contributed by atoms with Gasteiger partial charge in [0.2, 0.25) is 5.91 Å². The molecule has 2 aromatic rings. The van der Waals surface area contributed by atoms with Crippen LogP contribution in [0.2, 0.25) is 5.02 Å². The minimum absolute atomic E-state index is 0.0369. The summed E-state index contributed by atoms with van der Waals surface area (Å²) in [5.74, 6) is 0.105. The first kappa shape index (κ1) is 23.7. The highest BCUT2D eigenvalue weighted by atomic mass is 35.5. The van der Waals surface area contributed by atoms with Gasteiger partial charge in [0.15, 0.2) is 0 Å². The number of hydrogen-bond donors (Lipinski definition) is 0. The molecule has 33 heavy (non-hydrogen) atoms. The SMILES string of the molecule is Cc1ccccc1CC(C1CCN(C(=O)c2ccc(F)c(Cl)c2)CC1)N(C)C(=O)C1CCC1. The van der Waals surface area contributed by atoms with Crippen LogP contribution < -0.4 is 0 Å². The average Bonchev–Trinajstić information content (AvgIpc) is 2.78. The van der Waals surface area contributed by atoms with E-state index in [4.69, 9.17) is 11.6 Å². The molecule has 1 unspecified atom stereocenters. The van der Waals surface area contributed by atoms with Crippen LogP contribution in [0.4, 0.5) is 4.39 Å². The molecule has 0 aromatic heterocycles. The zero-order valence-corrected chi connectivity index (χ0v) is 20.2. The van der Waals surface area contributed by atoms with Crippen molar-refractivity contribution < 1.29 is 14.0 Å². The van der Waals surface area contributed by atoms with Crippen molar-refractivity contribution in [3.8, 4) is 0 Å². The van der Waals surface area contributed by atoms with Crippen molar-refractivity contribution in [3.63, 3.8) is 0 Å². The van der Waals surface area contributed by atoms with Gasteiger partial charge in [-0.3, -0.25) is 9.59 Å². The molecule has 2 amide bonds. The van der Waals surface area contributed by atoms with Crippen LogP contribution in [0.5, 0.6) is 0 Å². The predicted octanol–water partition coefficient (Wildman–Crippen LogP) is 5.51. The minimum Gasteiger partial charge on any atom is -0.342 e. The Labute approximate surface area is 200 Å². The lowest BCUT2D eigenvalue weighted by molar-refractivity contribution is -0.140. The summed E-state index contributed by atoms with van der Waals surface area (Å²) < 4.78 is 13.5. The second kappa shape index (κ2) is 10.3. The highest BCUT2D eigenvalue weighted by Gasteiger charge is 2.36. The van der Waals surface area contributed by atoms with Gasteiger partial charge < -0.3 is 9.80 Å². The third-order valence-electron chi connectivity index (χ3n) is 7.53. The summed E-state index contributed by atoms with van der Waals surface area (Å²) in [7, 11) is 1.96. The van der Waals surface area contributed by atoms with Crippen LogP contribution in [0.1, 0.15) is 53.6 Å². The molecule has 1 saturated heterocycles. The molecule has 2 aromatic carbocycles. The monoisotopic (exact) mass is 470 g/mol. The normalized spacial score (nSPS) is 18.0. The smallest absolute Gasteiger partial charge is 0.253 e. The summed E-state index contributed by atoms with van der Waals surface area (Å²) in [6.45, 7) is 3.36. The summed E-state index contributed by atoms with van der Waals surface area (Å²) in [5, 5.41) is -0.0369. The van der Waals surface area contributed by atoms with E-state index in [9.17, 15) is 14.0 Å². The molecule has 0 bridgehead atoms. The van der Waals surface area contributed by atoms with Crippen LogP contribution in [0.15, 0.2) is 42.5 Å². The number of benzene rings is 2. The van der Waals surface area contributed by atoms with E-state index < -0.39 is 5.82 Å². The third-order valence-corrected chi connectivity index (χ3v) is 7.82. The zero-order chi connectivity index (χ0) is 23.5. The molecular weight excluding hydrogens is 439 g/mol. The molecule has 1 saturated carbocycles. The van der Waals surface area contributed by atoms with Gasteiger partial charge >= 0.3 is 0 Å². The number of hydrogen-bond acceptors (Lipinski definition) is 2. The fourth-order valence-electron chi connectivity index (χ4n) is 5.09. The number of aryl methyl sites for hydroxylation is 1. The van der Waals surface area contributed by atoms with Crippen LogP contribution in [0.25, 0.3) is 0 Å². The maximum Gasteiger partial charge on any atom is 0.253 e. The number of carbonyl (C=O) groups is 2. The van der Waals surface area contributed by atoms with E-state index in [1.165, 1.54) is 29.3 Å². The topological polar surface area (TPSA) is 40.6 Å². The number of rotatable bonds is 6. The first-order valence-corrected chi connectivity index (χ1v) is 12.3. The molecular formula is C27H32ClFN2O2. The number of carbonyl (C=O) groups excluding carboxylic acids is 2. The summed E-state index contributed by atoms with van der Waals surface area (Å²) in [4.78, 5) is 29.9. The highest BCUT2D eigenvalue weighted by molar-refractivity contribution is 6.31. The minimum atomic E-state index is -0.523. The summed E-state index contributed by atoms with van der Waals surface area (Å²) in [6, 6.07) is 12.6. The fourth-order valence-corrected chi connectivity index (χ4v) is 5.27. The van der Waals surface area contributed by atoms with Crippen molar-refractivity contribution in [1.29, 1.82) is 0 Å². The van der Waals surface area contributed by atoms with E-state index in [1.54, 1.807) is 0 Å². The lowest BCUT2D eigenvalue weighted by atomic mass is 9.81. The Bertz CT molecular complexity index is 1010. The highest BCUT2D eigenvalue weighted by Crippen LogP contribution is 2.33. The molecule has 4 nitrogen and oxygen atoms in total. The molecule has 1 heterocycles. The van der Waals surface area contributed by atoms with E-state index in [-0.39, 0.29) is 28.8 Å². The number of piperidine rings is 1. The van der Waals surface area contributed by atoms with Crippen molar-refractivity contribution in [2.75, 3.05) is 20.1 Å². The number of nitrogens with zero attached hydrogens (tertiary/aromatic N) is 2. The number of likely N-dealkylation sites (tertiary alicyclic amines) is 1. The van der Waals surface area contributed by atoms with E-state index in [0.29, 0.717) is 24.6 Å². The summed E-state index contributed by atoms with van der Waals surface area (Å²) >= 11 is 5.87. The van der Waals surface area contributed by atoms with Crippen LogP contribution in [-0.2, 0) is 11.2 Å². The Morgan fingerprint density at radius 2 is 1.82 bits per heavy atom. The van der Waals surface area contributed by atoms with Crippen molar-refractivity contribution in [3.05, 3.63) is 70.0 Å². The molecule has 176 valence electrons. The lowest BCUT2D eigenvalue weighted by Gasteiger charge is -2.42. The van der Waals surface area contributed by atoms with Gasteiger partial charge in [-0.2, -0.15) is 0 Å². The van der Waals surface area contributed by atoms with E-state index in [1.807, 2.05) is 22.9 Å². The quantitative estimate of drug-likeness (QED) is 0.558. The molecule has 1 aliphatic carbocycles. The van der Waals surface area contributed by atoms with Gasteiger partial charge in [-0.05, 0) is 74.3 Å². The molecule has 0 N–H and O–H groups in total. The molecule has 1 aliphatic heterocycles. The van der Waals surface area contributed by atoms with Gasteiger partial charge in [0.1, 0.15) is 5.82 Å². The van der Waals surface area contributed by atoms with Crippen molar-refractivity contribution in [2.45, 2.75) is 51.5 Å². The van der Waals surface area contributed by atoms with Crippen molar-refractivity contribution in [1.82, 2.24) is 9.80 Å². The largest absolute Gasteiger partial charge is 0.342 e. The van der Waals surface area contributed by atoms with E-state index >= 15 is 0 Å². The Hall–Kier alpha value is -2.40. The molecule has 4 rings (SSSR count). The van der Waals surface area contributed by atoms with Crippen molar-refractivity contribution in [2.24, 2.45) is 11.8 Å². The molecule has 0 spiro atoms. The van der Waals surface area contributed by atoms with E-state index in [2.05, 4.69) is 25.1 Å². The Morgan fingerprint density at radius 1 is 1.12 bits per heavy atom. The molecule has 6 heteroatoms. The molecule has 0 radical (unpaired) electrons. The van der Waals surface area contributed by atoms with Gasteiger partial charge in [-0.15, -0.1) is 0 Å². The van der Waals surface area contributed by atoms with Gasteiger partial charge in [0, 0.05) is 37.7 Å². The fraction of sp³-hybridized carbons (Fsp3) is 0.481. The number of likely N-dealkylation sites (N-methyl/N-ethyl adjacent to an activating group) is 1. The number of halogens is 2. The predicted molar refractivity (Wildman–Crippen MR) is 129 cm³/mol. The Morgan fingerprint density at radius 3 is 2.42 bits per heavy atom. The molecule has 1 atom stereocenters. The van der Waals surface area contributed by atoms with Crippen molar-refractivity contribution >= 4 is 23.4 Å². The van der Waals surface area contributed by atoms with Crippen LogP contribution in [0, 0.1) is 24.6 Å². The summed E-state index contributed by atoms with van der Waals surface area (Å²) in [6.07, 6.45) is 5.62. The first-order valence-electron chi connectivity index (χ1n) is 11.9. The molecule has 2 fully saturated rings. The van der Waals surface area contributed by atoms with Gasteiger partial charge in [0.25, 0.3) is 5.91 Å². The van der Waals surface area contributed by atoms with Gasteiger partial charge in [-0.25, -0.2) is 4.39 Å². The maximum absolute atomic E-state index is 13.5. The third kappa shape index (κ3) is 5.24. The summed E-state index contributed by atoms with van der Waals surface area (Å²) in [5.41, 5.74) is 2.93. The second-order valence-corrected chi connectivity index (χ2v) is 9.94. The first-order chi connectivity index (χ1) is 15.8. The van der Waals surface area contributed by atoms with Crippen LogP contribution >= 0.6 is 11.6 Å². The van der Waals surface area contributed by atoms with E-state index in [0.717, 1.165) is 38.5 Å². The Kier molecular flexibility index (Phi) is 7.38. The van der Waals surface area contributed by atoms with Crippen LogP contribution in [0.3, 0.4) is 0 Å². The molecule has 2 aliphatic rings. The zero-order valence-electron chi connectivity index (χ0n) is 19.4. The van der Waals surface area contributed by atoms with Gasteiger partial charge in [-0.1, -0.05) is 42.3 Å². The second-order valence-electron chi connectivity index (χ2n) is 9.53. The maximum atomic E-state index is 13.5.